The van der Waals surface area contributed by atoms with Gasteiger partial charge in [0.1, 0.15) is 0 Å². The van der Waals surface area contributed by atoms with E-state index in [1.807, 2.05) is 0 Å². The Hall–Kier alpha value is -1.36. The second-order valence-electron chi connectivity index (χ2n) is 4.22. The summed E-state index contributed by atoms with van der Waals surface area (Å²) in [6.07, 6.45) is 7.13. The van der Waals surface area contributed by atoms with Crippen molar-refractivity contribution in [1.29, 1.82) is 0 Å². The van der Waals surface area contributed by atoms with E-state index in [2.05, 4.69) is 0 Å². The Bertz CT molecular complexity index is 295. The van der Waals surface area contributed by atoms with Gasteiger partial charge in [-0.05, 0) is 12.8 Å². The van der Waals surface area contributed by atoms with Crippen molar-refractivity contribution in [2.45, 2.75) is 38.1 Å². The molecular formula is C12H19NO4. The van der Waals surface area contributed by atoms with Gasteiger partial charge in [-0.15, -0.1) is 0 Å². The van der Waals surface area contributed by atoms with Gasteiger partial charge in [-0.2, -0.15) is 0 Å². The normalized spacial score (nSPS) is 17.2. The first-order valence-electron chi connectivity index (χ1n) is 5.97. The topological polar surface area (TPSA) is 77.8 Å². The molecule has 0 unspecified atom stereocenters. The van der Waals surface area contributed by atoms with Crippen LogP contribution in [0.25, 0.3) is 0 Å². The van der Waals surface area contributed by atoms with Crippen molar-refractivity contribution in [3.8, 4) is 0 Å². The maximum absolute atomic E-state index is 11.8. The number of rotatable bonds is 5. The highest BCUT2D eigenvalue weighted by molar-refractivity contribution is 5.94. The van der Waals surface area contributed by atoms with Crippen molar-refractivity contribution in [2.75, 3.05) is 13.2 Å². The Morgan fingerprint density at radius 2 is 1.82 bits per heavy atom. The molecule has 0 aromatic carbocycles. The van der Waals surface area contributed by atoms with Gasteiger partial charge in [0.05, 0.1) is 6.61 Å². The molecule has 0 bridgehead atoms. The van der Waals surface area contributed by atoms with Crippen molar-refractivity contribution in [3.63, 3.8) is 0 Å². The van der Waals surface area contributed by atoms with Crippen molar-refractivity contribution in [2.24, 2.45) is 0 Å². The zero-order valence-electron chi connectivity index (χ0n) is 9.84. The van der Waals surface area contributed by atoms with Crippen LogP contribution in [0.4, 0.5) is 0 Å². The third-order valence-electron chi connectivity index (χ3n) is 3.01. The minimum Gasteiger partial charge on any atom is -0.478 e. The molecule has 1 aliphatic carbocycles. The number of amides is 1. The van der Waals surface area contributed by atoms with Gasteiger partial charge in [-0.1, -0.05) is 19.3 Å². The summed E-state index contributed by atoms with van der Waals surface area (Å²) < 4.78 is 0. The van der Waals surface area contributed by atoms with Crippen LogP contribution >= 0.6 is 0 Å². The molecule has 1 saturated carbocycles. The lowest BCUT2D eigenvalue weighted by Gasteiger charge is -2.33. The average Bonchev–Trinajstić information content (AvgIpc) is 2.34. The fraction of sp³-hybridized carbons (Fsp3) is 0.667. The lowest BCUT2D eigenvalue weighted by Crippen LogP contribution is -2.42. The van der Waals surface area contributed by atoms with Crippen LogP contribution in [0.2, 0.25) is 0 Å². The number of hydrogen-bond acceptors (Lipinski definition) is 3. The van der Waals surface area contributed by atoms with Gasteiger partial charge >= 0.3 is 5.97 Å². The van der Waals surface area contributed by atoms with Crippen LogP contribution in [0, 0.1) is 0 Å². The predicted molar refractivity (Wildman–Crippen MR) is 62.4 cm³/mol. The van der Waals surface area contributed by atoms with Gasteiger partial charge in [-0.3, -0.25) is 4.79 Å². The summed E-state index contributed by atoms with van der Waals surface area (Å²) in [6.45, 7) is 0.177. The van der Waals surface area contributed by atoms with Crippen LogP contribution in [0.15, 0.2) is 12.2 Å². The van der Waals surface area contributed by atoms with E-state index in [0.29, 0.717) is 0 Å². The van der Waals surface area contributed by atoms with E-state index in [1.54, 1.807) is 4.90 Å². The van der Waals surface area contributed by atoms with Crippen LogP contribution in [-0.2, 0) is 9.59 Å². The quantitative estimate of drug-likeness (QED) is 0.697. The minimum absolute atomic E-state index is 0.0941. The summed E-state index contributed by atoms with van der Waals surface area (Å²) in [4.78, 5) is 23.7. The van der Waals surface area contributed by atoms with Gasteiger partial charge in [0.2, 0.25) is 5.91 Å². The molecular weight excluding hydrogens is 222 g/mol. The lowest BCUT2D eigenvalue weighted by atomic mass is 9.94. The smallest absolute Gasteiger partial charge is 0.328 e. The van der Waals surface area contributed by atoms with E-state index in [4.69, 9.17) is 10.2 Å². The third kappa shape index (κ3) is 4.56. The lowest BCUT2D eigenvalue weighted by molar-refractivity contribution is -0.133. The number of aliphatic carboxylic acids is 1. The highest BCUT2D eigenvalue weighted by Crippen LogP contribution is 2.22. The molecule has 1 fully saturated rings. The standard InChI is InChI=1S/C12H19NO4/c14-9-8-13(10-4-2-1-3-5-10)11(15)6-7-12(16)17/h6-7,10,14H,1-5,8-9H2,(H,16,17)/b7-6+. The van der Waals surface area contributed by atoms with Crippen molar-refractivity contribution in [1.82, 2.24) is 4.90 Å². The molecule has 0 heterocycles. The Morgan fingerprint density at radius 1 is 1.18 bits per heavy atom. The molecule has 0 radical (unpaired) electrons. The van der Waals surface area contributed by atoms with Crippen molar-refractivity contribution in [3.05, 3.63) is 12.2 Å². The Morgan fingerprint density at radius 3 is 2.35 bits per heavy atom. The monoisotopic (exact) mass is 241 g/mol. The number of carbonyl (C=O) groups is 2. The summed E-state index contributed by atoms with van der Waals surface area (Å²) in [5.74, 6) is -1.46. The predicted octanol–water partition coefficient (Wildman–Crippen LogP) is 0.781. The average molecular weight is 241 g/mol. The number of carbonyl (C=O) groups excluding carboxylic acids is 1. The fourth-order valence-electron chi connectivity index (χ4n) is 2.21. The van der Waals surface area contributed by atoms with E-state index >= 15 is 0 Å². The molecule has 0 spiro atoms. The largest absolute Gasteiger partial charge is 0.478 e. The van der Waals surface area contributed by atoms with Gasteiger partial charge in [0.15, 0.2) is 0 Å². The molecule has 17 heavy (non-hydrogen) atoms. The van der Waals surface area contributed by atoms with Crippen LogP contribution in [0.1, 0.15) is 32.1 Å². The van der Waals surface area contributed by atoms with E-state index in [-0.39, 0.29) is 25.1 Å². The van der Waals surface area contributed by atoms with E-state index in [9.17, 15) is 9.59 Å². The Balaban J connectivity index is 2.62. The van der Waals surface area contributed by atoms with Crippen molar-refractivity contribution < 1.29 is 19.8 Å². The zero-order valence-corrected chi connectivity index (χ0v) is 9.84. The molecule has 96 valence electrons. The fourth-order valence-corrected chi connectivity index (χ4v) is 2.21. The maximum Gasteiger partial charge on any atom is 0.328 e. The molecule has 0 aromatic rings. The molecule has 1 amide bonds. The Kier molecular flexibility index (Phi) is 5.69. The maximum atomic E-state index is 11.8. The summed E-state index contributed by atoms with van der Waals surface area (Å²) in [5, 5.41) is 17.4. The molecule has 5 heteroatoms. The first kappa shape index (κ1) is 13.7. The number of hydrogen-bond donors (Lipinski definition) is 2. The number of carboxylic acid groups (broad SMARTS) is 1. The van der Waals surface area contributed by atoms with Crippen LogP contribution < -0.4 is 0 Å². The van der Waals surface area contributed by atoms with E-state index < -0.39 is 5.97 Å². The van der Waals surface area contributed by atoms with E-state index in [0.717, 1.165) is 37.8 Å². The third-order valence-corrected chi connectivity index (χ3v) is 3.01. The molecule has 0 aliphatic heterocycles. The van der Waals surface area contributed by atoms with Gasteiger partial charge < -0.3 is 15.1 Å². The molecule has 0 aromatic heterocycles. The highest BCUT2D eigenvalue weighted by atomic mass is 16.4. The minimum atomic E-state index is -1.13. The first-order valence-corrected chi connectivity index (χ1v) is 5.97. The number of aliphatic hydroxyl groups excluding tert-OH is 1. The highest BCUT2D eigenvalue weighted by Gasteiger charge is 2.23. The summed E-state index contributed by atoms with van der Waals surface area (Å²) in [5.41, 5.74) is 0. The molecule has 1 rings (SSSR count). The SMILES string of the molecule is O=C(O)/C=C/C(=O)N(CCO)C1CCCCC1. The summed E-state index contributed by atoms with van der Waals surface area (Å²) in [6, 6.07) is 0.141. The first-order chi connectivity index (χ1) is 8.15. The van der Waals surface area contributed by atoms with Gasteiger partial charge in [-0.25, -0.2) is 4.79 Å². The van der Waals surface area contributed by atoms with Crippen LogP contribution in [0.5, 0.6) is 0 Å². The molecule has 0 atom stereocenters. The zero-order chi connectivity index (χ0) is 12.7. The molecule has 1 aliphatic rings. The molecule has 2 N–H and O–H groups in total. The van der Waals surface area contributed by atoms with Gasteiger partial charge in [0, 0.05) is 24.7 Å². The summed E-state index contributed by atoms with van der Waals surface area (Å²) in [7, 11) is 0. The van der Waals surface area contributed by atoms with E-state index in [1.165, 1.54) is 6.42 Å². The molecule has 0 saturated heterocycles. The Labute approximate surface area is 101 Å². The van der Waals surface area contributed by atoms with Crippen LogP contribution in [-0.4, -0.2) is 46.2 Å². The second kappa shape index (κ2) is 7.06. The van der Waals surface area contributed by atoms with Gasteiger partial charge in [0.25, 0.3) is 0 Å². The molecule has 5 nitrogen and oxygen atoms in total. The second-order valence-corrected chi connectivity index (χ2v) is 4.22. The van der Waals surface area contributed by atoms with Crippen LogP contribution in [0.3, 0.4) is 0 Å². The summed E-state index contributed by atoms with van der Waals surface area (Å²) >= 11 is 0. The number of carboxylic acids is 1. The van der Waals surface area contributed by atoms with Crippen molar-refractivity contribution >= 4 is 11.9 Å². The number of nitrogens with zero attached hydrogens (tertiary/aromatic N) is 1. The number of aliphatic hydroxyl groups is 1.